The van der Waals surface area contributed by atoms with Gasteiger partial charge in [-0.3, -0.25) is 10.7 Å². The Morgan fingerprint density at radius 1 is 0.731 bits per heavy atom. The zero-order valence-electron chi connectivity index (χ0n) is 28.5. The summed E-state index contributed by atoms with van der Waals surface area (Å²) in [5.74, 6) is 0.975. The quantitative estimate of drug-likeness (QED) is 0.111. The first kappa shape index (κ1) is 29.6. The monoisotopic (exact) mass is 677 g/mol. The van der Waals surface area contributed by atoms with Crippen molar-refractivity contribution in [2.24, 2.45) is 0 Å². The number of anilines is 2. The van der Waals surface area contributed by atoms with Gasteiger partial charge in [-0.1, -0.05) is 48.5 Å². The van der Waals surface area contributed by atoms with Gasteiger partial charge in [-0.25, -0.2) is 4.85 Å². The van der Waals surface area contributed by atoms with Crippen molar-refractivity contribution in [1.29, 1.82) is 0 Å². The zero-order chi connectivity index (χ0) is 35.0. The van der Waals surface area contributed by atoms with Gasteiger partial charge in [0.15, 0.2) is 5.78 Å². The van der Waals surface area contributed by atoms with Crippen molar-refractivity contribution in [2.45, 2.75) is 44.4 Å². The van der Waals surface area contributed by atoms with Gasteiger partial charge < -0.3 is 25.4 Å². The summed E-state index contributed by atoms with van der Waals surface area (Å²) in [7, 11) is 0. The van der Waals surface area contributed by atoms with Crippen molar-refractivity contribution in [3.63, 3.8) is 0 Å². The van der Waals surface area contributed by atoms with Gasteiger partial charge in [0.25, 0.3) is 0 Å². The maximum atomic E-state index is 15.2. The van der Waals surface area contributed by atoms with E-state index in [1.807, 2.05) is 12.1 Å². The van der Waals surface area contributed by atoms with Gasteiger partial charge >= 0.3 is 0 Å². The highest BCUT2D eigenvalue weighted by Crippen LogP contribution is 2.60. The third-order valence-corrected chi connectivity index (χ3v) is 12.7. The highest BCUT2D eigenvalue weighted by atomic mass is 16.3. The summed E-state index contributed by atoms with van der Waals surface area (Å²) in [6, 6.07) is 20.7. The smallest absolute Gasteiger partial charge is 0.210 e. The van der Waals surface area contributed by atoms with Crippen LogP contribution in [-0.2, 0) is 30.5 Å². The molecular weight excluding hydrogens is 645 g/mol. The predicted octanol–water partition coefficient (Wildman–Crippen LogP) is 8.49. The van der Waals surface area contributed by atoms with Crippen molar-refractivity contribution < 1.29 is 15.0 Å². The minimum absolute atomic E-state index is 0.0646. The van der Waals surface area contributed by atoms with Crippen molar-refractivity contribution in [1.82, 2.24) is 0 Å². The molecule has 1 unspecified atom stereocenters. The minimum atomic E-state index is -1.02. The average Bonchev–Trinajstić information content (AvgIpc) is 3.19. The second-order valence-corrected chi connectivity index (χ2v) is 15.0. The lowest BCUT2D eigenvalue weighted by atomic mass is 9.65. The molecule has 5 aliphatic rings. The maximum Gasteiger partial charge on any atom is 0.210 e. The number of benzene rings is 6. The maximum absolute atomic E-state index is 15.2. The average molecular weight is 678 g/mol. The van der Waals surface area contributed by atoms with Crippen molar-refractivity contribution >= 4 is 71.7 Å². The lowest BCUT2D eigenvalue weighted by molar-refractivity contribution is -0.115. The molecule has 0 bridgehead atoms. The normalized spacial score (nSPS) is 18.6. The fraction of sp³-hybridized carbons (Fsp3) is 0.244. The van der Waals surface area contributed by atoms with Crippen LogP contribution >= 0.6 is 0 Å². The van der Waals surface area contributed by atoms with E-state index in [9.17, 15) is 15.6 Å². The van der Waals surface area contributed by atoms with Gasteiger partial charge in [-0.15, -0.1) is 0 Å². The number of aromatic hydroxyl groups is 2. The number of nitrogens with zero attached hydrogens (tertiary/aromatic N) is 4. The van der Waals surface area contributed by atoms with Gasteiger partial charge in [-0.2, -0.15) is 0 Å². The van der Waals surface area contributed by atoms with E-state index in [1.165, 1.54) is 21.9 Å². The van der Waals surface area contributed by atoms with Crippen molar-refractivity contribution in [2.75, 3.05) is 36.0 Å². The molecule has 0 saturated heterocycles. The molecule has 0 fully saturated rings. The van der Waals surface area contributed by atoms with E-state index in [4.69, 9.17) is 6.57 Å². The molecular formula is C45H33N4O3-. The van der Waals surface area contributed by atoms with Crippen LogP contribution in [0.25, 0.3) is 58.9 Å². The molecule has 11 rings (SSSR count). The standard InChI is InChI=1S/C45H33N4O3/c1-47-33(22-46)38-39(36-31-20-23-8-2-4-10-25(23)27-14-18-48-16-6-12-29(43(36)50)41(48)34(27)31)45(52)40(38)37-32-21-24-9-3-5-11-26(24)28-15-19-49-17-7-13-30(44(37)51)42(49)35(28)32/h2-5,8-11,20-21,39,50-51H,6-7,12-19H2/q-1. The number of allylic oxidation sites excluding steroid dienone is 2. The van der Waals surface area contributed by atoms with Crippen LogP contribution in [0.15, 0.2) is 71.9 Å². The number of fused-ring (bicyclic) bond motifs is 4. The molecule has 6 aromatic rings. The number of ketones is 1. The summed E-state index contributed by atoms with van der Waals surface area (Å²) in [6.45, 7) is 11.7. The molecule has 7 nitrogen and oxygen atoms in total. The number of phenols is 2. The SMILES string of the molecule is [C-]#[N+]C(=C=[N-])C1=C(c2c(O)c3c4c5c(c6ccccc6cc25)CCN4CCC3)C(=O)C1c1c(O)c2c3c4c(c5ccccc5cc14)CCN3CCC2. The Balaban J connectivity index is 1.27. The van der Waals surface area contributed by atoms with Crippen molar-refractivity contribution in [3.05, 3.63) is 122 Å². The van der Waals surface area contributed by atoms with Crippen LogP contribution in [0.5, 0.6) is 11.5 Å². The number of phenolic OH excluding ortho intramolecular Hbond substituents is 2. The van der Waals surface area contributed by atoms with Crippen LogP contribution in [0.1, 0.15) is 52.1 Å². The molecule has 1 aliphatic carbocycles. The summed E-state index contributed by atoms with van der Waals surface area (Å²) in [5, 5.41) is 43.2. The van der Waals surface area contributed by atoms with Gasteiger partial charge in [0.2, 0.25) is 5.70 Å². The Morgan fingerprint density at radius 2 is 1.29 bits per heavy atom. The van der Waals surface area contributed by atoms with Crippen molar-refractivity contribution in [3.8, 4) is 11.5 Å². The fourth-order valence-electron chi connectivity index (χ4n) is 10.6. The number of Topliss-reactive ketones (excluding diaryl/α,β-unsaturated/α-hetero) is 1. The van der Waals surface area contributed by atoms with E-state index < -0.39 is 5.92 Å². The predicted molar refractivity (Wildman–Crippen MR) is 208 cm³/mol. The second-order valence-electron chi connectivity index (χ2n) is 15.0. The molecule has 0 radical (unpaired) electrons. The summed E-state index contributed by atoms with van der Waals surface area (Å²) >= 11 is 0. The van der Waals surface area contributed by atoms with Gasteiger partial charge in [0.05, 0.1) is 23.9 Å². The van der Waals surface area contributed by atoms with Crippen LogP contribution < -0.4 is 9.80 Å². The van der Waals surface area contributed by atoms with Gasteiger partial charge in [0, 0.05) is 64.8 Å². The number of rotatable bonds is 3. The Bertz CT molecular complexity index is 2840. The summed E-state index contributed by atoms with van der Waals surface area (Å²) in [4.78, 5) is 23.6. The number of hydrogen-bond acceptors (Lipinski definition) is 5. The van der Waals surface area contributed by atoms with E-state index in [1.54, 1.807) is 0 Å². The molecule has 0 spiro atoms. The number of carbonyl (C=O) groups excluding carboxylic acids is 1. The highest BCUT2D eigenvalue weighted by molar-refractivity contribution is 6.38. The summed E-state index contributed by atoms with van der Waals surface area (Å²) < 4.78 is 0. The molecule has 0 amide bonds. The van der Waals surface area contributed by atoms with Crippen LogP contribution in [0.2, 0.25) is 0 Å². The van der Waals surface area contributed by atoms with E-state index in [2.05, 4.69) is 69.0 Å². The van der Waals surface area contributed by atoms with Crippen LogP contribution in [-0.4, -0.2) is 48.0 Å². The molecule has 52 heavy (non-hydrogen) atoms. The van der Waals surface area contributed by atoms with E-state index in [0.717, 1.165) is 107 Å². The first-order valence-electron chi connectivity index (χ1n) is 18.4. The first-order valence-corrected chi connectivity index (χ1v) is 18.4. The summed E-state index contributed by atoms with van der Waals surface area (Å²) in [5.41, 5.74) is 7.43. The van der Waals surface area contributed by atoms with Gasteiger partial charge in [0.1, 0.15) is 11.5 Å². The second kappa shape index (κ2) is 10.5. The van der Waals surface area contributed by atoms with Crippen LogP contribution in [0.4, 0.5) is 11.4 Å². The van der Waals surface area contributed by atoms with Crippen LogP contribution in [0, 0.1) is 6.57 Å². The molecule has 4 heterocycles. The Morgan fingerprint density at radius 3 is 1.88 bits per heavy atom. The molecule has 6 aromatic carbocycles. The molecule has 252 valence electrons. The highest BCUT2D eigenvalue weighted by Gasteiger charge is 2.48. The largest absolute Gasteiger partial charge is 0.775 e. The Labute approximate surface area is 300 Å². The van der Waals surface area contributed by atoms with Crippen LogP contribution in [0.3, 0.4) is 0 Å². The lowest BCUT2D eigenvalue weighted by Gasteiger charge is -2.41. The topological polar surface area (TPSA) is 90.7 Å². The first-order chi connectivity index (χ1) is 25.5. The third-order valence-electron chi connectivity index (χ3n) is 12.7. The van der Waals surface area contributed by atoms with E-state index >= 15 is 4.79 Å². The molecule has 1 atom stereocenters. The molecule has 0 saturated carbocycles. The number of carbonyl (C=O) groups is 1. The molecule has 0 aromatic heterocycles. The minimum Gasteiger partial charge on any atom is -0.775 e. The van der Waals surface area contributed by atoms with Gasteiger partial charge in [-0.05, 0) is 99.7 Å². The molecule has 4 aliphatic heterocycles. The molecule has 2 N–H and O–H groups in total. The third kappa shape index (κ3) is 3.60. The Kier molecular flexibility index (Phi) is 5.97. The fourth-order valence-corrected chi connectivity index (χ4v) is 10.6. The zero-order valence-corrected chi connectivity index (χ0v) is 28.5. The molecule has 7 heteroatoms. The van der Waals surface area contributed by atoms with E-state index in [0.29, 0.717) is 29.5 Å². The summed E-state index contributed by atoms with van der Waals surface area (Å²) in [6.07, 6.45) is 4.82. The Hall–Kier alpha value is -6.09. The van der Waals surface area contributed by atoms with E-state index in [-0.39, 0.29) is 28.6 Å². The lowest BCUT2D eigenvalue weighted by Crippen LogP contribution is -2.36. The number of hydrogen-bond donors (Lipinski definition) is 2.